The molecule has 0 aromatic rings. The van der Waals surface area contributed by atoms with Crippen molar-refractivity contribution in [2.45, 2.75) is 57.5 Å². The van der Waals surface area contributed by atoms with Crippen LogP contribution in [0.3, 0.4) is 0 Å². The third-order valence-electron chi connectivity index (χ3n) is 4.68. The fourth-order valence-corrected chi connectivity index (χ4v) is 4.45. The first kappa shape index (κ1) is 18.2. The van der Waals surface area contributed by atoms with Gasteiger partial charge in [0.05, 0.1) is 6.26 Å². The first-order valence-electron chi connectivity index (χ1n) is 8.29. The molecule has 1 aliphatic carbocycles. The van der Waals surface area contributed by atoms with Crippen LogP contribution >= 0.6 is 0 Å². The van der Waals surface area contributed by atoms with E-state index >= 15 is 0 Å². The molecule has 2 fully saturated rings. The van der Waals surface area contributed by atoms with Crippen LogP contribution in [0.2, 0.25) is 0 Å². The summed E-state index contributed by atoms with van der Waals surface area (Å²) in [5, 5.41) is 2.83. The van der Waals surface area contributed by atoms with Crippen molar-refractivity contribution in [1.82, 2.24) is 14.9 Å². The highest BCUT2D eigenvalue weighted by Gasteiger charge is 2.35. The standard InChI is InChI=1S/C15H27N3O4S/c1-11(19)16-14(12-5-3-4-6-12)15(20)18-9-7-13(8-10-18)17-23(2,21)22/h12-14,17H,3-10H2,1-2H3,(H,16,19). The quantitative estimate of drug-likeness (QED) is 0.745. The van der Waals surface area contributed by atoms with Crippen molar-refractivity contribution >= 4 is 21.8 Å². The zero-order chi connectivity index (χ0) is 17.0. The molecule has 0 radical (unpaired) electrons. The normalized spacial score (nSPS) is 22.1. The molecule has 7 nitrogen and oxygen atoms in total. The topological polar surface area (TPSA) is 95.6 Å². The van der Waals surface area contributed by atoms with Crippen LogP contribution < -0.4 is 10.0 Å². The number of carbonyl (C=O) groups excluding carboxylic acids is 2. The monoisotopic (exact) mass is 345 g/mol. The predicted octanol–water partition coefficient (Wildman–Crippen LogP) is 0.222. The molecule has 1 unspecified atom stereocenters. The van der Waals surface area contributed by atoms with Gasteiger partial charge in [0.15, 0.2) is 0 Å². The van der Waals surface area contributed by atoms with Crippen LogP contribution in [0, 0.1) is 5.92 Å². The summed E-state index contributed by atoms with van der Waals surface area (Å²) in [6.07, 6.45) is 6.53. The number of hydrogen-bond donors (Lipinski definition) is 2. The van der Waals surface area contributed by atoms with E-state index < -0.39 is 16.1 Å². The predicted molar refractivity (Wildman–Crippen MR) is 87.1 cm³/mol. The van der Waals surface area contributed by atoms with E-state index in [2.05, 4.69) is 10.0 Å². The number of nitrogens with one attached hydrogen (secondary N) is 2. The zero-order valence-corrected chi connectivity index (χ0v) is 14.7. The summed E-state index contributed by atoms with van der Waals surface area (Å²) in [6, 6.07) is -0.547. The molecule has 2 aliphatic rings. The number of amides is 2. The van der Waals surface area contributed by atoms with Crippen molar-refractivity contribution in [2.75, 3.05) is 19.3 Å². The molecule has 1 atom stereocenters. The number of piperidine rings is 1. The Morgan fingerprint density at radius 3 is 2.13 bits per heavy atom. The number of carbonyl (C=O) groups is 2. The number of rotatable bonds is 5. The Labute approximate surface area is 138 Å². The highest BCUT2D eigenvalue weighted by Crippen LogP contribution is 2.29. The summed E-state index contributed by atoms with van der Waals surface area (Å²) in [6.45, 7) is 2.49. The lowest BCUT2D eigenvalue weighted by Crippen LogP contribution is -2.54. The Bertz CT molecular complexity index is 535. The number of sulfonamides is 1. The number of likely N-dealkylation sites (tertiary alicyclic amines) is 1. The van der Waals surface area contributed by atoms with Crippen LogP contribution in [0.5, 0.6) is 0 Å². The Balaban J connectivity index is 1.94. The maximum atomic E-state index is 12.8. The molecular formula is C15H27N3O4S. The van der Waals surface area contributed by atoms with Crippen molar-refractivity contribution in [3.05, 3.63) is 0 Å². The molecular weight excluding hydrogens is 318 g/mol. The summed E-state index contributed by atoms with van der Waals surface area (Å²) < 4.78 is 25.2. The summed E-state index contributed by atoms with van der Waals surface area (Å²) in [5.74, 6) is 0.0204. The highest BCUT2D eigenvalue weighted by atomic mass is 32.2. The Kier molecular flexibility index (Phi) is 6.02. The SMILES string of the molecule is CC(=O)NC(C(=O)N1CCC(NS(C)(=O)=O)CC1)C1CCCC1. The molecule has 132 valence electrons. The summed E-state index contributed by atoms with van der Waals surface area (Å²) >= 11 is 0. The van der Waals surface area contributed by atoms with Gasteiger partial charge in [-0.15, -0.1) is 0 Å². The minimum atomic E-state index is -3.22. The van der Waals surface area contributed by atoms with E-state index in [4.69, 9.17) is 0 Å². The van der Waals surface area contributed by atoms with Gasteiger partial charge in [0.1, 0.15) is 6.04 Å². The second kappa shape index (κ2) is 7.61. The van der Waals surface area contributed by atoms with Crippen LogP contribution in [-0.4, -0.2) is 56.6 Å². The Morgan fingerprint density at radius 2 is 1.65 bits per heavy atom. The van der Waals surface area contributed by atoms with Crippen LogP contribution in [-0.2, 0) is 19.6 Å². The molecule has 1 heterocycles. The first-order chi connectivity index (χ1) is 10.8. The van der Waals surface area contributed by atoms with Crippen molar-refractivity contribution < 1.29 is 18.0 Å². The fraction of sp³-hybridized carbons (Fsp3) is 0.867. The molecule has 0 aromatic heterocycles. The van der Waals surface area contributed by atoms with Gasteiger partial charge in [0.2, 0.25) is 21.8 Å². The molecule has 0 bridgehead atoms. The van der Waals surface area contributed by atoms with Crippen LogP contribution in [0.4, 0.5) is 0 Å². The van der Waals surface area contributed by atoms with Gasteiger partial charge < -0.3 is 10.2 Å². The molecule has 0 spiro atoms. The third kappa shape index (κ3) is 5.46. The summed E-state index contributed by atoms with van der Waals surface area (Å²) in [7, 11) is -3.22. The molecule has 8 heteroatoms. The lowest BCUT2D eigenvalue weighted by atomic mass is 9.95. The van der Waals surface area contributed by atoms with Crippen molar-refractivity contribution in [3.8, 4) is 0 Å². The maximum absolute atomic E-state index is 12.8. The van der Waals surface area contributed by atoms with Gasteiger partial charge in [-0.2, -0.15) is 0 Å². The van der Waals surface area contributed by atoms with Crippen LogP contribution in [0.25, 0.3) is 0 Å². The lowest BCUT2D eigenvalue weighted by Gasteiger charge is -2.35. The van der Waals surface area contributed by atoms with E-state index in [0.29, 0.717) is 25.9 Å². The third-order valence-corrected chi connectivity index (χ3v) is 5.44. The van der Waals surface area contributed by atoms with E-state index in [1.807, 2.05) is 0 Å². The average Bonchev–Trinajstić information content (AvgIpc) is 2.97. The Morgan fingerprint density at radius 1 is 1.09 bits per heavy atom. The van der Waals surface area contributed by atoms with Gasteiger partial charge in [-0.3, -0.25) is 9.59 Å². The van der Waals surface area contributed by atoms with E-state index in [0.717, 1.165) is 31.9 Å². The smallest absolute Gasteiger partial charge is 0.245 e. The van der Waals surface area contributed by atoms with Crippen molar-refractivity contribution in [2.24, 2.45) is 5.92 Å². The van der Waals surface area contributed by atoms with Crippen molar-refractivity contribution in [3.63, 3.8) is 0 Å². The number of hydrogen-bond acceptors (Lipinski definition) is 4. The molecule has 2 amide bonds. The second-order valence-corrected chi connectivity index (χ2v) is 8.49. The molecule has 23 heavy (non-hydrogen) atoms. The zero-order valence-electron chi connectivity index (χ0n) is 13.9. The van der Waals surface area contributed by atoms with E-state index in [1.165, 1.54) is 6.92 Å². The van der Waals surface area contributed by atoms with Gasteiger partial charge in [-0.25, -0.2) is 13.1 Å². The molecule has 1 saturated carbocycles. The summed E-state index contributed by atoms with van der Waals surface area (Å²) in [5.41, 5.74) is 0. The first-order valence-corrected chi connectivity index (χ1v) is 10.2. The minimum Gasteiger partial charge on any atom is -0.344 e. The van der Waals surface area contributed by atoms with Crippen molar-refractivity contribution in [1.29, 1.82) is 0 Å². The van der Waals surface area contributed by atoms with E-state index in [1.54, 1.807) is 4.90 Å². The molecule has 2 rings (SSSR count). The fourth-order valence-electron chi connectivity index (χ4n) is 3.61. The van der Waals surface area contributed by atoms with E-state index in [9.17, 15) is 18.0 Å². The largest absolute Gasteiger partial charge is 0.344 e. The second-order valence-electron chi connectivity index (χ2n) is 6.71. The minimum absolute atomic E-state index is 0.0232. The van der Waals surface area contributed by atoms with E-state index in [-0.39, 0.29) is 23.8 Å². The average molecular weight is 345 g/mol. The van der Waals surface area contributed by atoms with Crippen LogP contribution in [0.1, 0.15) is 45.4 Å². The highest BCUT2D eigenvalue weighted by molar-refractivity contribution is 7.88. The molecule has 2 N–H and O–H groups in total. The van der Waals surface area contributed by atoms with Gasteiger partial charge in [0.25, 0.3) is 0 Å². The van der Waals surface area contributed by atoms with Gasteiger partial charge in [0, 0.05) is 26.1 Å². The van der Waals surface area contributed by atoms with Gasteiger partial charge >= 0.3 is 0 Å². The lowest BCUT2D eigenvalue weighted by molar-refractivity contribution is -0.138. The molecule has 1 saturated heterocycles. The Hall–Kier alpha value is -1.15. The number of nitrogens with zero attached hydrogens (tertiary/aromatic N) is 1. The van der Waals surface area contributed by atoms with Crippen LogP contribution in [0.15, 0.2) is 0 Å². The van der Waals surface area contributed by atoms with Gasteiger partial charge in [-0.05, 0) is 31.6 Å². The summed E-state index contributed by atoms with van der Waals surface area (Å²) in [4.78, 5) is 26.0. The molecule has 1 aliphatic heterocycles. The molecule has 0 aromatic carbocycles. The van der Waals surface area contributed by atoms with Gasteiger partial charge in [-0.1, -0.05) is 12.8 Å². The maximum Gasteiger partial charge on any atom is 0.245 e.